The van der Waals surface area contributed by atoms with Crippen molar-refractivity contribution in [1.29, 1.82) is 0 Å². The van der Waals surface area contributed by atoms with E-state index in [1.807, 2.05) is 12.3 Å². The second kappa shape index (κ2) is 12.8. The molecule has 42 heavy (non-hydrogen) atoms. The number of methoxy groups -OCH3 is 2. The maximum absolute atomic E-state index is 12.0. The fraction of sp³-hybridized carbons (Fsp3) is 0.562. The van der Waals surface area contributed by atoms with Gasteiger partial charge in [0.2, 0.25) is 0 Å². The molecule has 4 aliphatic rings. The number of pyridine rings is 2. The maximum Gasteiger partial charge on any atom is 0.341 e. The van der Waals surface area contributed by atoms with Crippen LogP contribution in [0.2, 0.25) is 0 Å². The molecule has 0 unspecified atom stereocenters. The van der Waals surface area contributed by atoms with Gasteiger partial charge in [-0.25, -0.2) is 19.6 Å². The number of esters is 2. The lowest BCUT2D eigenvalue weighted by Gasteiger charge is -2.53. The van der Waals surface area contributed by atoms with E-state index in [2.05, 4.69) is 33.3 Å². The van der Waals surface area contributed by atoms with Gasteiger partial charge in [0.25, 0.3) is 0 Å². The van der Waals surface area contributed by atoms with E-state index < -0.39 is 0 Å². The Hall–Kier alpha value is -3.50. The molecule has 0 aromatic carbocycles. The van der Waals surface area contributed by atoms with Crippen molar-refractivity contribution in [3.05, 3.63) is 53.4 Å². The maximum atomic E-state index is 12.0. The lowest BCUT2D eigenvalue weighted by Crippen LogP contribution is -2.59. The van der Waals surface area contributed by atoms with Gasteiger partial charge in [-0.2, -0.15) is 0 Å². The lowest BCUT2D eigenvalue weighted by atomic mass is 9.73. The van der Waals surface area contributed by atoms with Crippen LogP contribution in [0.1, 0.15) is 64.4 Å². The molecule has 0 radical (unpaired) electrons. The summed E-state index contributed by atoms with van der Waals surface area (Å²) in [6, 6.07) is 3.69. The molecule has 2 aromatic rings. The van der Waals surface area contributed by atoms with Crippen LogP contribution < -0.4 is 9.80 Å². The summed E-state index contributed by atoms with van der Waals surface area (Å²) in [7, 11) is 2.81. The normalized spacial score (nSPS) is 20.1. The number of aromatic nitrogens is 2. The van der Waals surface area contributed by atoms with Crippen molar-refractivity contribution < 1.29 is 28.5 Å². The van der Waals surface area contributed by atoms with Crippen molar-refractivity contribution >= 4 is 29.7 Å². The smallest absolute Gasteiger partial charge is 0.341 e. The number of carbonyl (C=O) groups excluding carboxylic acids is 2. The van der Waals surface area contributed by atoms with E-state index in [0.29, 0.717) is 27.8 Å². The minimum atomic E-state index is -0.353. The molecule has 0 saturated carbocycles. The van der Waals surface area contributed by atoms with E-state index in [-0.39, 0.29) is 11.9 Å². The molecule has 0 N–H and O–H groups in total. The van der Waals surface area contributed by atoms with E-state index >= 15 is 0 Å². The summed E-state index contributed by atoms with van der Waals surface area (Å²) in [6.07, 6.45) is 10.5. The highest BCUT2D eigenvalue weighted by atomic mass is 16.5. The van der Waals surface area contributed by atoms with Crippen molar-refractivity contribution in [3.63, 3.8) is 0 Å². The largest absolute Gasteiger partial charge is 0.465 e. The van der Waals surface area contributed by atoms with Crippen molar-refractivity contribution in [2.24, 2.45) is 10.8 Å². The van der Waals surface area contributed by atoms with Crippen molar-refractivity contribution in [2.75, 3.05) is 76.6 Å². The monoisotopic (exact) mass is 578 g/mol. The summed E-state index contributed by atoms with van der Waals surface area (Å²) in [5, 5.41) is 0. The van der Waals surface area contributed by atoms with Crippen LogP contribution in [0.4, 0.5) is 11.6 Å². The molecule has 10 nitrogen and oxygen atoms in total. The number of hydrogen-bond donors (Lipinski definition) is 0. The molecule has 10 heteroatoms. The highest BCUT2D eigenvalue weighted by Gasteiger charge is 2.46. The first-order valence-corrected chi connectivity index (χ1v) is 14.8. The summed E-state index contributed by atoms with van der Waals surface area (Å²) in [5.74, 6) is 0.815. The van der Waals surface area contributed by atoms with Gasteiger partial charge in [0, 0.05) is 75.8 Å². The Bertz CT molecular complexity index is 1290. The van der Waals surface area contributed by atoms with Crippen LogP contribution >= 0.6 is 0 Å². The average Bonchev–Trinajstić information content (AvgIpc) is 3.02. The van der Waals surface area contributed by atoms with Crippen LogP contribution in [0, 0.1) is 10.8 Å². The van der Waals surface area contributed by atoms with Gasteiger partial charge in [0.15, 0.2) is 0 Å². The minimum absolute atomic E-state index is 0.305. The molecule has 0 bridgehead atoms. The first-order chi connectivity index (χ1) is 20.3. The molecule has 4 fully saturated rings. The lowest BCUT2D eigenvalue weighted by molar-refractivity contribution is -0.000714. The average molecular weight is 579 g/mol. The zero-order valence-electron chi connectivity index (χ0n) is 25.0. The fourth-order valence-corrected chi connectivity index (χ4v) is 6.37. The second-order valence-electron chi connectivity index (χ2n) is 11.8. The van der Waals surface area contributed by atoms with Gasteiger partial charge in [0.1, 0.15) is 22.8 Å². The molecule has 6 rings (SSSR count). The van der Waals surface area contributed by atoms with Gasteiger partial charge < -0.3 is 28.7 Å². The predicted molar refractivity (Wildman–Crippen MR) is 160 cm³/mol. The summed E-state index contributed by atoms with van der Waals surface area (Å²) in [4.78, 5) is 37.3. The second-order valence-corrected chi connectivity index (χ2v) is 11.8. The van der Waals surface area contributed by atoms with Crippen LogP contribution in [0.15, 0.2) is 31.1 Å². The topological polar surface area (TPSA) is 103 Å². The molecule has 2 aromatic heterocycles. The molecular weight excluding hydrogens is 536 g/mol. The molecule has 4 aliphatic heterocycles. The minimum Gasteiger partial charge on any atom is -0.465 e. The molecule has 4 saturated heterocycles. The number of rotatable bonds is 6. The Morgan fingerprint density at radius 3 is 1.71 bits per heavy atom. The number of carbonyl (C=O) groups is 2. The molecule has 6 heterocycles. The third-order valence-corrected chi connectivity index (χ3v) is 9.08. The fourth-order valence-electron chi connectivity index (χ4n) is 6.37. The highest BCUT2D eigenvalue weighted by molar-refractivity contribution is 5.96. The van der Waals surface area contributed by atoms with Gasteiger partial charge in [-0.15, -0.1) is 0 Å². The molecule has 0 aliphatic carbocycles. The summed E-state index contributed by atoms with van der Waals surface area (Å²) in [5.41, 5.74) is 3.66. The van der Waals surface area contributed by atoms with Gasteiger partial charge in [-0.1, -0.05) is 19.6 Å². The summed E-state index contributed by atoms with van der Waals surface area (Å²) >= 11 is 0. The van der Waals surface area contributed by atoms with Gasteiger partial charge >= 0.3 is 11.9 Å². The van der Waals surface area contributed by atoms with Crippen LogP contribution in [0.25, 0.3) is 6.08 Å². The van der Waals surface area contributed by atoms with Crippen molar-refractivity contribution in [3.8, 4) is 0 Å². The zero-order chi connectivity index (χ0) is 29.7. The van der Waals surface area contributed by atoms with Crippen LogP contribution in [-0.2, 0) is 25.4 Å². The van der Waals surface area contributed by atoms with E-state index in [0.717, 1.165) is 102 Å². The van der Waals surface area contributed by atoms with Crippen LogP contribution in [0.3, 0.4) is 0 Å². The Kier molecular flexibility index (Phi) is 9.13. The molecular formula is C32H42N4O6. The number of anilines is 2. The first kappa shape index (κ1) is 30.0. The Balaban J connectivity index is 0.000000168. The number of ether oxygens (including phenoxy) is 4. The number of aryl methyl sites for hydroxylation is 1. The van der Waals surface area contributed by atoms with E-state index in [1.165, 1.54) is 14.2 Å². The Labute approximate surface area is 248 Å². The molecule has 2 spiro atoms. The van der Waals surface area contributed by atoms with Crippen molar-refractivity contribution in [1.82, 2.24) is 9.97 Å². The van der Waals surface area contributed by atoms with Gasteiger partial charge in [0.05, 0.1) is 14.2 Å². The molecule has 0 amide bonds. The molecule has 0 atom stereocenters. The number of nitrogens with zero attached hydrogens (tertiary/aromatic N) is 4. The third kappa shape index (κ3) is 6.15. The predicted octanol–water partition coefficient (Wildman–Crippen LogP) is 4.18. The molecule has 226 valence electrons. The van der Waals surface area contributed by atoms with Crippen LogP contribution in [0.5, 0.6) is 0 Å². The van der Waals surface area contributed by atoms with Gasteiger partial charge in [-0.05, 0) is 55.4 Å². The summed E-state index contributed by atoms with van der Waals surface area (Å²) in [6.45, 7) is 12.9. The van der Waals surface area contributed by atoms with E-state index in [9.17, 15) is 9.59 Å². The van der Waals surface area contributed by atoms with E-state index in [1.54, 1.807) is 18.3 Å². The van der Waals surface area contributed by atoms with E-state index in [4.69, 9.17) is 18.9 Å². The van der Waals surface area contributed by atoms with Crippen molar-refractivity contribution in [2.45, 2.75) is 39.0 Å². The Morgan fingerprint density at radius 2 is 1.29 bits per heavy atom. The quantitative estimate of drug-likeness (QED) is 0.464. The third-order valence-electron chi connectivity index (χ3n) is 9.08. The standard InChI is InChI=1S/C16H22N2O3.C16H20N2O3/c2*1-3-12-8-13(15(19)20-2)14(17-9-12)18-10-16(11-18)4-6-21-7-5-16/h8-9H,3-7,10-11H2,1-2H3;3,8-9H,1,4-7,10-11H2,2H3. The zero-order valence-corrected chi connectivity index (χ0v) is 25.0. The Morgan fingerprint density at radius 1 is 0.833 bits per heavy atom. The number of hydrogen-bond acceptors (Lipinski definition) is 10. The van der Waals surface area contributed by atoms with Gasteiger partial charge in [-0.3, -0.25) is 0 Å². The summed E-state index contributed by atoms with van der Waals surface area (Å²) < 4.78 is 20.7. The highest BCUT2D eigenvalue weighted by Crippen LogP contribution is 2.43. The SMILES string of the molecule is C=Cc1cnc(N2CC3(CCOCC3)C2)c(C(=O)OC)c1.CCc1cnc(N2CC3(CCOCC3)C2)c(C(=O)OC)c1. The first-order valence-electron chi connectivity index (χ1n) is 14.8. The van der Waals surface area contributed by atoms with Crippen LogP contribution in [-0.4, -0.2) is 88.7 Å².